The van der Waals surface area contributed by atoms with Crippen LogP contribution in [-0.2, 0) is 0 Å². The van der Waals surface area contributed by atoms with Gasteiger partial charge in [0.15, 0.2) is 5.11 Å². The Morgan fingerprint density at radius 3 is 2.05 bits per heavy atom. The van der Waals surface area contributed by atoms with E-state index in [0.29, 0.717) is 29.1 Å². The minimum absolute atomic E-state index is 0.0870. The lowest BCUT2D eigenvalue weighted by atomic mass is 10.1. The minimum Gasteiger partial charge on any atom is -0.494 e. The molecule has 0 atom stereocenters. The van der Waals surface area contributed by atoms with Gasteiger partial charge in [0, 0.05) is 22.6 Å². The number of hydrogen-bond donors (Lipinski definition) is 4. The van der Waals surface area contributed by atoms with E-state index in [1.165, 1.54) is 19.3 Å². The summed E-state index contributed by atoms with van der Waals surface area (Å²) >= 11 is 5.38. The van der Waals surface area contributed by atoms with Gasteiger partial charge in [-0.05, 0) is 91.4 Å². The van der Waals surface area contributed by atoms with Gasteiger partial charge in [0.25, 0.3) is 11.8 Å². The number of para-hydroxylation sites is 2. The molecular weight excluding hydrogens is 544 g/mol. The van der Waals surface area contributed by atoms with Crippen LogP contribution in [0.3, 0.4) is 0 Å². The van der Waals surface area contributed by atoms with Gasteiger partial charge >= 0.3 is 0 Å². The van der Waals surface area contributed by atoms with Crippen LogP contribution in [-0.4, -0.2) is 23.5 Å². The van der Waals surface area contributed by atoms with Crippen LogP contribution >= 0.6 is 12.2 Å². The zero-order chi connectivity index (χ0) is 29.6. The third-order valence-corrected chi connectivity index (χ3v) is 6.69. The molecule has 4 aromatic rings. The van der Waals surface area contributed by atoms with Crippen molar-refractivity contribution < 1.29 is 14.3 Å². The van der Waals surface area contributed by atoms with Crippen molar-refractivity contribution >= 4 is 51.9 Å². The van der Waals surface area contributed by atoms with E-state index in [-0.39, 0.29) is 16.9 Å². The molecule has 4 rings (SSSR count). The lowest BCUT2D eigenvalue weighted by Crippen LogP contribution is -2.34. The maximum Gasteiger partial charge on any atom is 0.257 e. The number of thiocarbonyl (C=S) groups is 1. The van der Waals surface area contributed by atoms with Crippen LogP contribution in [0.25, 0.3) is 0 Å². The Labute approximate surface area is 252 Å². The summed E-state index contributed by atoms with van der Waals surface area (Å²) in [7, 11) is 0. The fourth-order valence-corrected chi connectivity index (χ4v) is 4.44. The summed E-state index contributed by atoms with van der Waals surface area (Å²) in [6.45, 7) is 2.86. The number of hydrogen-bond acceptors (Lipinski definition) is 5. The highest BCUT2D eigenvalue weighted by atomic mass is 32.1. The van der Waals surface area contributed by atoms with E-state index in [0.717, 1.165) is 30.0 Å². The maximum atomic E-state index is 13.1. The van der Waals surface area contributed by atoms with Gasteiger partial charge in [-0.1, -0.05) is 62.9 Å². The zero-order valence-electron chi connectivity index (χ0n) is 23.7. The van der Waals surface area contributed by atoms with Crippen LogP contribution in [0.15, 0.2) is 103 Å². The summed E-state index contributed by atoms with van der Waals surface area (Å²) in [6.07, 6.45) is 5.86. The standard InChI is InChI=1S/C34H36N4O3S/c1-2-3-4-5-11-24-41-29-22-16-25(17-23-29)32(39)38-34(42)37-31-15-10-9-14-30(31)33(40)36-28-20-18-27(19-21-28)35-26-12-7-6-8-13-26/h6-10,12-23,35H,2-5,11,24H2,1H3,(H,36,40)(H2,37,38,39,42). The average Bonchev–Trinajstić information content (AvgIpc) is 3.01. The highest BCUT2D eigenvalue weighted by Crippen LogP contribution is 2.21. The first-order valence-electron chi connectivity index (χ1n) is 14.2. The molecule has 7 nitrogen and oxygen atoms in total. The molecule has 0 saturated heterocycles. The van der Waals surface area contributed by atoms with Gasteiger partial charge in [-0.25, -0.2) is 0 Å². The van der Waals surface area contributed by atoms with Gasteiger partial charge in [0.05, 0.1) is 17.9 Å². The normalized spacial score (nSPS) is 10.4. The van der Waals surface area contributed by atoms with Crippen LogP contribution in [0, 0.1) is 0 Å². The van der Waals surface area contributed by atoms with Gasteiger partial charge < -0.3 is 20.7 Å². The Morgan fingerprint density at radius 2 is 1.31 bits per heavy atom. The van der Waals surface area contributed by atoms with Crippen LogP contribution in [0.5, 0.6) is 5.75 Å². The van der Waals surface area contributed by atoms with Crippen molar-refractivity contribution in [2.24, 2.45) is 0 Å². The van der Waals surface area contributed by atoms with Gasteiger partial charge in [-0.3, -0.25) is 14.9 Å². The Bertz CT molecular complexity index is 1460. The molecule has 8 heteroatoms. The second-order valence-corrected chi connectivity index (χ2v) is 10.2. The van der Waals surface area contributed by atoms with E-state index in [1.54, 1.807) is 48.5 Å². The van der Waals surface area contributed by atoms with E-state index >= 15 is 0 Å². The topological polar surface area (TPSA) is 91.5 Å². The van der Waals surface area contributed by atoms with Crippen molar-refractivity contribution in [3.8, 4) is 5.75 Å². The summed E-state index contributed by atoms with van der Waals surface area (Å²) in [6, 6.07) is 31.2. The molecule has 0 fully saturated rings. The maximum absolute atomic E-state index is 13.1. The van der Waals surface area contributed by atoms with Crippen molar-refractivity contribution in [3.63, 3.8) is 0 Å². The van der Waals surface area contributed by atoms with Gasteiger partial charge in [0.2, 0.25) is 0 Å². The molecule has 0 aliphatic rings. The third-order valence-electron chi connectivity index (χ3n) is 6.49. The molecule has 4 N–H and O–H groups in total. The van der Waals surface area contributed by atoms with Crippen molar-refractivity contribution in [1.29, 1.82) is 0 Å². The van der Waals surface area contributed by atoms with Crippen LogP contribution in [0.2, 0.25) is 0 Å². The summed E-state index contributed by atoms with van der Waals surface area (Å²) < 4.78 is 5.78. The van der Waals surface area contributed by atoms with E-state index in [4.69, 9.17) is 17.0 Å². The van der Waals surface area contributed by atoms with Crippen LogP contribution < -0.4 is 26.0 Å². The number of anilines is 4. The van der Waals surface area contributed by atoms with E-state index in [9.17, 15) is 9.59 Å². The van der Waals surface area contributed by atoms with E-state index in [2.05, 4.69) is 28.2 Å². The highest BCUT2D eigenvalue weighted by molar-refractivity contribution is 7.80. The number of benzene rings is 4. The second kappa shape index (κ2) is 15.9. The fourth-order valence-electron chi connectivity index (χ4n) is 4.24. The first-order chi connectivity index (χ1) is 20.5. The minimum atomic E-state index is -0.357. The molecule has 0 bridgehead atoms. The molecule has 0 saturated carbocycles. The molecule has 0 aliphatic carbocycles. The first-order valence-corrected chi connectivity index (χ1v) is 14.6. The average molecular weight is 581 g/mol. The molecule has 0 unspecified atom stereocenters. The van der Waals surface area contributed by atoms with Crippen molar-refractivity contribution in [2.45, 2.75) is 39.0 Å². The molecule has 216 valence electrons. The summed E-state index contributed by atoms with van der Waals surface area (Å²) in [5.41, 5.74) is 3.84. The predicted molar refractivity (Wildman–Crippen MR) is 175 cm³/mol. The fraction of sp³-hybridized carbons (Fsp3) is 0.206. The molecule has 0 aromatic heterocycles. The number of ether oxygens (including phenoxy) is 1. The SMILES string of the molecule is CCCCCCCOc1ccc(C(=O)NC(=S)Nc2ccccc2C(=O)Nc2ccc(Nc3ccccc3)cc2)cc1. The third kappa shape index (κ3) is 9.45. The largest absolute Gasteiger partial charge is 0.494 e. The monoisotopic (exact) mass is 580 g/mol. The van der Waals surface area contributed by atoms with Crippen molar-refractivity contribution in [2.75, 3.05) is 22.6 Å². The number of unbranched alkanes of at least 4 members (excludes halogenated alkanes) is 4. The van der Waals surface area contributed by atoms with Gasteiger partial charge in [0.1, 0.15) is 5.75 Å². The molecule has 2 amide bonds. The Kier molecular flexibility index (Phi) is 11.5. The van der Waals surface area contributed by atoms with Gasteiger partial charge in [-0.15, -0.1) is 0 Å². The molecule has 0 spiro atoms. The van der Waals surface area contributed by atoms with Crippen LogP contribution in [0.4, 0.5) is 22.7 Å². The van der Waals surface area contributed by atoms with E-state index < -0.39 is 0 Å². The zero-order valence-corrected chi connectivity index (χ0v) is 24.5. The summed E-state index contributed by atoms with van der Waals surface area (Å²) in [5.74, 6) is 0.0616. The van der Waals surface area contributed by atoms with Crippen molar-refractivity contribution in [3.05, 3.63) is 114 Å². The first kappa shape index (κ1) is 30.3. The summed E-state index contributed by atoms with van der Waals surface area (Å²) in [4.78, 5) is 25.9. The second-order valence-electron chi connectivity index (χ2n) is 9.76. The number of carbonyl (C=O) groups is 2. The number of carbonyl (C=O) groups excluding carboxylic acids is 2. The predicted octanol–water partition coefficient (Wildman–Crippen LogP) is 8.16. The lowest BCUT2D eigenvalue weighted by molar-refractivity contribution is 0.0976. The highest BCUT2D eigenvalue weighted by Gasteiger charge is 2.14. The van der Waals surface area contributed by atoms with Crippen LogP contribution in [0.1, 0.15) is 59.7 Å². The molecule has 0 radical (unpaired) electrons. The Morgan fingerprint density at radius 1 is 0.667 bits per heavy atom. The van der Waals surface area contributed by atoms with E-state index in [1.807, 2.05) is 54.6 Å². The number of amides is 2. The molecule has 0 heterocycles. The molecular formula is C34H36N4O3S. The number of rotatable bonds is 13. The number of nitrogens with one attached hydrogen (secondary N) is 4. The summed E-state index contributed by atoms with van der Waals surface area (Å²) in [5, 5.41) is 12.0. The molecule has 42 heavy (non-hydrogen) atoms. The lowest BCUT2D eigenvalue weighted by Gasteiger charge is -2.14. The quantitative estimate of drug-likeness (QED) is 0.0942. The Hall–Kier alpha value is -4.69. The Balaban J connectivity index is 1.28. The molecule has 4 aromatic carbocycles. The van der Waals surface area contributed by atoms with Crippen molar-refractivity contribution in [1.82, 2.24) is 5.32 Å². The van der Waals surface area contributed by atoms with Gasteiger partial charge in [-0.2, -0.15) is 0 Å². The smallest absolute Gasteiger partial charge is 0.257 e. The molecule has 0 aliphatic heterocycles.